The molecule has 0 atom stereocenters. The van der Waals surface area contributed by atoms with Crippen LogP contribution in [-0.2, 0) is 6.54 Å². The van der Waals surface area contributed by atoms with Crippen molar-refractivity contribution in [1.82, 2.24) is 0 Å². The van der Waals surface area contributed by atoms with E-state index < -0.39 is 6.61 Å². The van der Waals surface area contributed by atoms with Crippen molar-refractivity contribution in [1.29, 1.82) is 0 Å². The van der Waals surface area contributed by atoms with Crippen LogP contribution in [0.25, 0.3) is 0 Å². The summed E-state index contributed by atoms with van der Waals surface area (Å²) in [6.45, 7) is -0.525. The summed E-state index contributed by atoms with van der Waals surface area (Å²) in [7, 11) is 0. The quantitative estimate of drug-likeness (QED) is 0.599. The fraction of sp³-hybridized carbons (Fsp3) is 0.235. The molecule has 0 bridgehead atoms. The zero-order valence-corrected chi connectivity index (χ0v) is 13.2. The predicted octanol–water partition coefficient (Wildman–Crippen LogP) is 3.61. The minimum atomic E-state index is -2.90. The molecule has 24 heavy (non-hydrogen) atoms. The van der Waals surface area contributed by atoms with Gasteiger partial charge in [-0.25, -0.2) is 4.99 Å². The van der Waals surface area contributed by atoms with Crippen LogP contribution in [0.5, 0.6) is 11.5 Å². The van der Waals surface area contributed by atoms with E-state index in [0.717, 1.165) is 11.3 Å². The molecule has 2 aromatic carbocycles. The SMILES string of the molecule is CCOc1cc(CN=C(N)Nc2ccccc2)ccc1OC(F)F. The lowest BCUT2D eigenvalue weighted by atomic mass is 10.2. The third-order valence-electron chi connectivity index (χ3n) is 3.00. The first-order valence-corrected chi connectivity index (χ1v) is 7.41. The smallest absolute Gasteiger partial charge is 0.387 e. The highest BCUT2D eigenvalue weighted by molar-refractivity contribution is 5.92. The molecule has 128 valence electrons. The number of ether oxygens (including phenoxy) is 2. The van der Waals surface area contributed by atoms with Gasteiger partial charge >= 0.3 is 6.61 Å². The molecule has 0 saturated carbocycles. The summed E-state index contributed by atoms with van der Waals surface area (Å²) in [4.78, 5) is 4.22. The van der Waals surface area contributed by atoms with Crippen molar-refractivity contribution in [2.24, 2.45) is 10.7 Å². The van der Waals surface area contributed by atoms with Gasteiger partial charge in [-0.05, 0) is 36.8 Å². The van der Waals surface area contributed by atoms with Gasteiger partial charge in [0.05, 0.1) is 13.2 Å². The molecule has 0 aliphatic heterocycles. The summed E-state index contributed by atoms with van der Waals surface area (Å²) in [6.07, 6.45) is 0. The number of guanidine groups is 1. The number of aliphatic imine (C=N–C) groups is 1. The molecule has 0 amide bonds. The number of nitrogens with zero attached hydrogens (tertiary/aromatic N) is 1. The van der Waals surface area contributed by atoms with Crippen molar-refractivity contribution >= 4 is 11.6 Å². The van der Waals surface area contributed by atoms with Gasteiger partial charge in [-0.3, -0.25) is 0 Å². The van der Waals surface area contributed by atoms with Crippen LogP contribution in [0.15, 0.2) is 53.5 Å². The average molecular weight is 335 g/mol. The molecule has 2 aromatic rings. The number of hydrogen-bond acceptors (Lipinski definition) is 3. The van der Waals surface area contributed by atoms with Gasteiger partial charge in [0.15, 0.2) is 17.5 Å². The number of nitrogens with one attached hydrogen (secondary N) is 1. The first-order chi connectivity index (χ1) is 11.6. The van der Waals surface area contributed by atoms with Gasteiger partial charge in [-0.2, -0.15) is 8.78 Å². The maximum absolute atomic E-state index is 12.4. The van der Waals surface area contributed by atoms with Crippen LogP contribution >= 0.6 is 0 Å². The number of hydrogen-bond donors (Lipinski definition) is 2. The van der Waals surface area contributed by atoms with E-state index in [9.17, 15) is 8.78 Å². The molecule has 0 radical (unpaired) electrons. The Hall–Kier alpha value is -2.83. The molecular weight excluding hydrogens is 316 g/mol. The van der Waals surface area contributed by atoms with Gasteiger partial charge in [0, 0.05) is 5.69 Å². The van der Waals surface area contributed by atoms with E-state index in [4.69, 9.17) is 10.5 Å². The second-order valence-electron chi connectivity index (χ2n) is 4.79. The van der Waals surface area contributed by atoms with Crippen molar-refractivity contribution in [2.45, 2.75) is 20.1 Å². The number of halogens is 2. The van der Waals surface area contributed by atoms with Crippen molar-refractivity contribution in [3.63, 3.8) is 0 Å². The fourth-order valence-electron chi connectivity index (χ4n) is 2.00. The Morgan fingerprint density at radius 3 is 2.58 bits per heavy atom. The first-order valence-electron chi connectivity index (χ1n) is 7.41. The van der Waals surface area contributed by atoms with E-state index in [2.05, 4.69) is 15.0 Å². The van der Waals surface area contributed by atoms with Crippen LogP contribution in [0.3, 0.4) is 0 Å². The van der Waals surface area contributed by atoms with Crippen LogP contribution in [0, 0.1) is 0 Å². The maximum atomic E-state index is 12.4. The van der Waals surface area contributed by atoms with E-state index in [-0.39, 0.29) is 24.0 Å². The van der Waals surface area contributed by atoms with E-state index in [0.29, 0.717) is 6.61 Å². The molecule has 5 nitrogen and oxygen atoms in total. The third-order valence-corrected chi connectivity index (χ3v) is 3.00. The number of para-hydroxylation sites is 1. The van der Waals surface area contributed by atoms with Crippen LogP contribution in [0.1, 0.15) is 12.5 Å². The molecule has 0 aromatic heterocycles. The van der Waals surface area contributed by atoms with Gasteiger partial charge in [-0.1, -0.05) is 24.3 Å². The van der Waals surface area contributed by atoms with Gasteiger partial charge in [-0.15, -0.1) is 0 Å². The van der Waals surface area contributed by atoms with Crippen LogP contribution in [0.4, 0.5) is 14.5 Å². The Labute approximate surface area is 139 Å². The van der Waals surface area contributed by atoms with Crippen molar-refractivity contribution in [3.8, 4) is 11.5 Å². The minimum absolute atomic E-state index is 0.00466. The average Bonchev–Trinajstić information content (AvgIpc) is 2.56. The van der Waals surface area contributed by atoms with Crippen LogP contribution in [0.2, 0.25) is 0 Å². The minimum Gasteiger partial charge on any atom is -0.490 e. The number of rotatable bonds is 7. The summed E-state index contributed by atoms with van der Waals surface area (Å²) < 4.78 is 34.5. The van der Waals surface area contributed by atoms with Gasteiger partial charge in [0.2, 0.25) is 0 Å². The molecular formula is C17H19F2N3O2. The molecule has 0 spiro atoms. The second-order valence-corrected chi connectivity index (χ2v) is 4.79. The number of benzene rings is 2. The molecule has 0 aliphatic carbocycles. The Kier molecular flexibility index (Phi) is 6.36. The highest BCUT2D eigenvalue weighted by atomic mass is 19.3. The lowest BCUT2D eigenvalue weighted by Crippen LogP contribution is -2.22. The molecule has 3 N–H and O–H groups in total. The van der Waals surface area contributed by atoms with Crippen molar-refractivity contribution < 1.29 is 18.3 Å². The Balaban J connectivity index is 2.06. The summed E-state index contributed by atoms with van der Waals surface area (Å²) in [5.74, 6) is 0.502. The molecule has 0 unspecified atom stereocenters. The van der Waals surface area contributed by atoms with E-state index >= 15 is 0 Å². The number of anilines is 1. The molecule has 0 heterocycles. The molecule has 0 fully saturated rings. The molecule has 0 saturated heterocycles. The zero-order chi connectivity index (χ0) is 17.4. The van der Waals surface area contributed by atoms with E-state index in [1.807, 2.05) is 30.3 Å². The monoisotopic (exact) mass is 335 g/mol. The van der Waals surface area contributed by atoms with Gasteiger partial charge in [0.25, 0.3) is 0 Å². The van der Waals surface area contributed by atoms with Crippen molar-refractivity contribution in [2.75, 3.05) is 11.9 Å². The highest BCUT2D eigenvalue weighted by Gasteiger charge is 2.11. The molecule has 7 heteroatoms. The Morgan fingerprint density at radius 2 is 1.92 bits per heavy atom. The summed E-state index contributed by atoms with van der Waals surface area (Å²) in [5, 5.41) is 2.96. The van der Waals surface area contributed by atoms with Gasteiger partial charge in [0.1, 0.15) is 0 Å². The highest BCUT2D eigenvalue weighted by Crippen LogP contribution is 2.30. The first kappa shape index (κ1) is 17.5. The summed E-state index contributed by atoms with van der Waals surface area (Å²) in [6, 6.07) is 14.1. The lowest BCUT2D eigenvalue weighted by molar-refractivity contribution is -0.0514. The maximum Gasteiger partial charge on any atom is 0.387 e. The number of nitrogens with two attached hydrogens (primary N) is 1. The standard InChI is InChI=1S/C17H19F2N3O2/c1-2-23-15-10-12(8-9-14(15)24-16(18)19)11-21-17(20)22-13-6-4-3-5-7-13/h3-10,16H,2,11H2,1H3,(H3,20,21,22). The van der Waals surface area contributed by atoms with Crippen LogP contribution in [-0.4, -0.2) is 19.2 Å². The largest absolute Gasteiger partial charge is 0.490 e. The third kappa shape index (κ3) is 5.42. The topological polar surface area (TPSA) is 68.9 Å². The Bertz CT molecular complexity index is 679. The van der Waals surface area contributed by atoms with Crippen LogP contribution < -0.4 is 20.5 Å². The Morgan fingerprint density at radius 1 is 1.17 bits per heavy atom. The lowest BCUT2D eigenvalue weighted by Gasteiger charge is -2.12. The summed E-state index contributed by atoms with van der Waals surface area (Å²) in [5.41, 5.74) is 7.42. The zero-order valence-electron chi connectivity index (χ0n) is 13.2. The molecule has 0 aliphatic rings. The van der Waals surface area contributed by atoms with E-state index in [1.165, 1.54) is 6.07 Å². The normalized spacial score (nSPS) is 11.4. The predicted molar refractivity (Wildman–Crippen MR) is 89.6 cm³/mol. The van der Waals surface area contributed by atoms with E-state index in [1.54, 1.807) is 19.1 Å². The van der Waals surface area contributed by atoms with Gasteiger partial charge < -0.3 is 20.5 Å². The number of alkyl halides is 2. The van der Waals surface area contributed by atoms with Crippen molar-refractivity contribution in [3.05, 3.63) is 54.1 Å². The fourth-order valence-corrected chi connectivity index (χ4v) is 2.00. The summed E-state index contributed by atoms with van der Waals surface area (Å²) >= 11 is 0. The second kappa shape index (κ2) is 8.71. The molecule has 2 rings (SSSR count).